The lowest BCUT2D eigenvalue weighted by atomic mass is 10.0. The number of carboxylic acid groups (broad SMARTS) is 1. The van der Waals surface area contributed by atoms with E-state index in [1.54, 1.807) is 18.2 Å². The third-order valence-electron chi connectivity index (χ3n) is 3.24. The summed E-state index contributed by atoms with van der Waals surface area (Å²) in [5.41, 5.74) is 0.479. The first-order valence-corrected chi connectivity index (χ1v) is 5.89. The first-order valence-electron chi connectivity index (χ1n) is 5.89. The van der Waals surface area contributed by atoms with Crippen LogP contribution in [0.5, 0.6) is 0 Å². The highest BCUT2D eigenvalue weighted by Gasteiger charge is 2.28. The summed E-state index contributed by atoms with van der Waals surface area (Å²) in [6, 6.07) is 5.78. The summed E-state index contributed by atoms with van der Waals surface area (Å²) >= 11 is 0. The molecule has 1 unspecified atom stereocenters. The average molecular weight is 237 g/mol. The Hall–Kier alpha value is -1.42. The summed E-state index contributed by atoms with van der Waals surface area (Å²) < 4.78 is 13.5. The van der Waals surface area contributed by atoms with E-state index in [1.807, 2.05) is 4.90 Å². The monoisotopic (exact) mass is 237 g/mol. The molecule has 17 heavy (non-hydrogen) atoms. The number of hydrogen-bond donors (Lipinski definition) is 1. The number of nitrogens with zero attached hydrogens (tertiary/aromatic N) is 1. The Morgan fingerprint density at radius 1 is 1.35 bits per heavy atom. The van der Waals surface area contributed by atoms with Crippen molar-refractivity contribution in [2.45, 2.75) is 25.3 Å². The zero-order valence-corrected chi connectivity index (χ0v) is 9.60. The normalized spacial score (nSPS) is 18.2. The molecule has 1 aliphatic heterocycles. The topological polar surface area (TPSA) is 40.5 Å². The molecule has 1 heterocycles. The number of halogens is 1. The molecule has 0 amide bonds. The molecule has 1 atom stereocenters. The van der Waals surface area contributed by atoms with Crippen LogP contribution < -0.4 is 0 Å². The van der Waals surface area contributed by atoms with Crippen molar-refractivity contribution in [1.29, 1.82) is 0 Å². The van der Waals surface area contributed by atoms with Crippen LogP contribution in [-0.2, 0) is 11.2 Å². The SMILES string of the molecule is O=C(O)C(Cc1ccccc1F)N1CCCC1. The zero-order valence-electron chi connectivity index (χ0n) is 9.60. The Labute approximate surface area is 99.9 Å². The van der Waals surface area contributed by atoms with E-state index in [4.69, 9.17) is 0 Å². The summed E-state index contributed by atoms with van der Waals surface area (Å²) in [4.78, 5) is 13.2. The van der Waals surface area contributed by atoms with Crippen LogP contribution in [0.1, 0.15) is 18.4 Å². The molecule has 2 rings (SSSR count). The number of benzene rings is 1. The van der Waals surface area contributed by atoms with Gasteiger partial charge in [0.2, 0.25) is 0 Å². The van der Waals surface area contributed by atoms with Crippen LogP contribution in [0.15, 0.2) is 24.3 Å². The second-order valence-electron chi connectivity index (χ2n) is 4.39. The lowest BCUT2D eigenvalue weighted by Crippen LogP contribution is -2.41. The highest BCUT2D eigenvalue weighted by Crippen LogP contribution is 2.17. The highest BCUT2D eigenvalue weighted by atomic mass is 19.1. The minimum absolute atomic E-state index is 0.238. The third kappa shape index (κ3) is 2.82. The van der Waals surface area contributed by atoms with Gasteiger partial charge in [0.1, 0.15) is 11.9 Å². The standard InChI is InChI=1S/C13H16FNO2/c14-11-6-2-1-5-10(11)9-12(13(16)17)15-7-3-4-8-15/h1-2,5-6,12H,3-4,7-9H2,(H,16,17). The number of rotatable bonds is 4. The Morgan fingerprint density at radius 3 is 2.59 bits per heavy atom. The van der Waals surface area contributed by atoms with Crippen LogP contribution in [0.4, 0.5) is 4.39 Å². The Balaban J connectivity index is 2.12. The molecule has 1 aromatic carbocycles. The van der Waals surface area contributed by atoms with E-state index in [0.29, 0.717) is 5.56 Å². The Kier molecular flexibility index (Phi) is 3.74. The van der Waals surface area contributed by atoms with Gasteiger partial charge in [-0.05, 0) is 37.6 Å². The lowest BCUT2D eigenvalue weighted by molar-refractivity contribution is -0.142. The van der Waals surface area contributed by atoms with Gasteiger partial charge < -0.3 is 5.11 Å². The second kappa shape index (κ2) is 5.27. The quantitative estimate of drug-likeness (QED) is 0.869. The molecule has 1 fully saturated rings. The van der Waals surface area contributed by atoms with E-state index >= 15 is 0 Å². The summed E-state index contributed by atoms with van der Waals surface area (Å²) in [5, 5.41) is 9.22. The molecule has 1 aromatic rings. The van der Waals surface area contributed by atoms with Crippen molar-refractivity contribution < 1.29 is 14.3 Å². The minimum atomic E-state index is -0.866. The Morgan fingerprint density at radius 2 is 2.00 bits per heavy atom. The first kappa shape index (κ1) is 12.0. The van der Waals surface area contributed by atoms with Gasteiger partial charge in [-0.25, -0.2) is 4.39 Å². The molecular formula is C13H16FNO2. The third-order valence-corrected chi connectivity index (χ3v) is 3.24. The summed E-state index contributed by atoms with van der Waals surface area (Å²) in [6.07, 6.45) is 2.30. The van der Waals surface area contributed by atoms with Crippen molar-refractivity contribution in [2.24, 2.45) is 0 Å². The maximum Gasteiger partial charge on any atom is 0.321 e. The highest BCUT2D eigenvalue weighted by molar-refractivity contribution is 5.74. The molecule has 1 saturated heterocycles. The van der Waals surface area contributed by atoms with E-state index in [2.05, 4.69) is 0 Å². The van der Waals surface area contributed by atoms with Crippen molar-refractivity contribution in [3.8, 4) is 0 Å². The summed E-state index contributed by atoms with van der Waals surface area (Å²) in [6.45, 7) is 1.59. The van der Waals surface area contributed by atoms with Crippen molar-refractivity contribution in [2.75, 3.05) is 13.1 Å². The predicted molar refractivity (Wildman–Crippen MR) is 62.3 cm³/mol. The van der Waals surface area contributed by atoms with Gasteiger partial charge in [0.05, 0.1) is 0 Å². The fourth-order valence-electron chi connectivity index (χ4n) is 2.30. The van der Waals surface area contributed by atoms with Crippen LogP contribution in [0.2, 0.25) is 0 Å². The Bertz CT molecular complexity index is 402. The number of carboxylic acids is 1. The van der Waals surface area contributed by atoms with Crippen molar-refractivity contribution in [3.63, 3.8) is 0 Å². The predicted octanol–water partition coefficient (Wildman–Crippen LogP) is 1.92. The molecule has 1 N–H and O–H groups in total. The van der Waals surface area contributed by atoms with Crippen LogP contribution in [0.25, 0.3) is 0 Å². The molecular weight excluding hydrogens is 221 g/mol. The van der Waals surface area contributed by atoms with Gasteiger partial charge in [-0.2, -0.15) is 0 Å². The molecule has 4 heteroatoms. The zero-order chi connectivity index (χ0) is 12.3. The lowest BCUT2D eigenvalue weighted by Gasteiger charge is -2.23. The maximum atomic E-state index is 13.5. The minimum Gasteiger partial charge on any atom is -0.480 e. The fraction of sp³-hybridized carbons (Fsp3) is 0.462. The van der Waals surface area contributed by atoms with Gasteiger partial charge in [-0.1, -0.05) is 18.2 Å². The molecule has 92 valence electrons. The van der Waals surface area contributed by atoms with Gasteiger partial charge in [0.15, 0.2) is 0 Å². The van der Waals surface area contributed by atoms with Gasteiger partial charge in [0.25, 0.3) is 0 Å². The maximum absolute atomic E-state index is 13.5. The van der Waals surface area contributed by atoms with Crippen molar-refractivity contribution in [3.05, 3.63) is 35.6 Å². The van der Waals surface area contributed by atoms with E-state index < -0.39 is 12.0 Å². The average Bonchev–Trinajstić information content (AvgIpc) is 2.81. The smallest absolute Gasteiger partial charge is 0.321 e. The van der Waals surface area contributed by atoms with Crippen molar-refractivity contribution >= 4 is 5.97 Å². The molecule has 0 radical (unpaired) electrons. The van der Waals surface area contributed by atoms with Gasteiger partial charge >= 0.3 is 5.97 Å². The van der Waals surface area contributed by atoms with Crippen molar-refractivity contribution in [1.82, 2.24) is 4.90 Å². The van der Waals surface area contributed by atoms with Gasteiger partial charge in [-0.15, -0.1) is 0 Å². The molecule has 0 aromatic heterocycles. The van der Waals surface area contributed by atoms with E-state index in [1.165, 1.54) is 6.07 Å². The molecule has 0 saturated carbocycles. The fourth-order valence-corrected chi connectivity index (χ4v) is 2.30. The first-order chi connectivity index (χ1) is 8.18. The summed E-state index contributed by atoms with van der Waals surface area (Å²) in [5.74, 6) is -1.19. The van der Waals surface area contributed by atoms with Crippen LogP contribution in [-0.4, -0.2) is 35.1 Å². The van der Waals surface area contributed by atoms with Crippen LogP contribution in [0.3, 0.4) is 0 Å². The number of hydrogen-bond acceptors (Lipinski definition) is 2. The number of likely N-dealkylation sites (tertiary alicyclic amines) is 1. The van der Waals surface area contributed by atoms with E-state index in [9.17, 15) is 14.3 Å². The molecule has 1 aliphatic rings. The number of carbonyl (C=O) groups is 1. The number of aliphatic carboxylic acids is 1. The van der Waals surface area contributed by atoms with Crippen LogP contribution in [0, 0.1) is 5.82 Å². The molecule has 0 bridgehead atoms. The van der Waals surface area contributed by atoms with Crippen LogP contribution >= 0.6 is 0 Å². The molecule has 3 nitrogen and oxygen atoms in total. The molecule has 0 spiro atoms. The second-order valence-corrected chi connectivity index (χ2v) is 4.39. The molecule has 0 aliphatic carbocycles. The summed E-state index contributed by atoms with van der Waals surface area (Å²) in [7, 11) is 0. The van der Waals surface area contributed by atoms with Gasteiger partial charge in [-0.3, -0.25) is 9.69 Å². The van der Waals surface area contributed by atoms with Gasteiger partial charge in [0, 0.05) is 6.42 Å². The van der Waals surface area contributed by atoms with E-state index in [0.717, 1.165) is 25.9 Å². The van der Waals surface area contributed by atoms with E-state index in [-0.39, 0.29) is 12.2 Å². The largest absolute Gasteiger partial charge is 0.480 e.